The molecule has 0 heterocycles. The van der Waals surface area contributed by atoms with Crippen LogP contribution in [-0.4, -0.2) is 11.2 Å². The Labute approximate surface area is 192 Å². The molecule has 176 valence electrons. The fourth-order valence-corrected chi connectivity index (χ4v) is 11.3. The van der Waals surface area contributed by atoms with Crippen LogP contribution in [0.15, 0.2) is 11.6 Å². The van der Waals surface area contributed by atoms with Crippen molar-refractivity contribution in [2.24, 2.45) is 56.7 Å². The Morgan fingerprint density at radius 2 is 1.52 bits per heavy atom. The molecule has 5 aliphatic carbocycles. The van der Waals surface area contributed by atoms with Crippen LogP contribution in [0, 0.1) is 56.7 Å². The van der Waals surface area contributed by atoms with Crippen LogP contribution in [0.4, 0.5) is 0 Å². The highest BCUT2D eigenvalue weighted by Crippen LogP contribution is 2.76. The van der Waals surface area contributed by atoms with Crippen molar-refractivity contribution >= 4 is 0 Å². The third kappa shape index (κ3) is 2.65. The average molecular weight is 427 g/mol. The van der Waals surface area contributed by atoms with Crippen molar-refractivity contribution in [2.45, 2.75) is 119 Å². The molecule has 1 N–H and O–H groups in total. The molecule has 1 nitrogen and oxygen atoms in total. The number of aliphatic hydroxyl groups excluding tert-OH is 1. The molecule has 4 unspecified atom stereocenters. The smallest absolute Gasteiger partial charge is 0.0594 e. The molecule has 0 aromatic heterocycles. The summed E-state index contributed by atoms with van der Waals surface area (Å²) < 4.78 is 0. The van der Waals surface area contributed by atoms with Gasteiger partial charge < -0.3 is 5.11 Å². The molecule has 0 amide bonds. The van der Waals surface area contributed by atoms with Crippen molar-refractivity contribution in [1.29, 1.82) is 0 Å². The van der Waals surface area contributed by atoms with Gasteiger partial charge in [-0.3, -0.25) is 0 Å². The van der Waals surface area contributed by atoms with Crippen molar-refractivity contribution in [1.82, 2.24) is 0 Å². The van der Waals surface area contributed by atoms with Crippen molar-refractivity contribution in [3.05, 3.63) is 11.6 Å². The number of hydrogen-bond acceptors (Lipinski definition) is 1. The first kappa shape index (κ1) is 22.5. The third-order valence-electron chi connectivity index (χ3n) is 13.5. The molecule has 31 heavy (non-hydrogen) atoms. The first-order chi connectivity index (χ1) is 14.3. The Kier molecular flexibility index (Phi) is 4.82. The fourth-order valence-electron chi connectivity index (χ4n) is 11.3. The van der Waals surface area contributed by atoms with Gasteiger partial charge in [-0.25, -0.2) is 0 Å². The van der Waals surface area contributed by atoms with E-state index >= 15 is 0 Å². The molecule has 10 atom stereocenters. The van der Waals surface area contributed by atoms with E-state index in [0.29, 0.717) is 27.6 Å². The number of aliphatic hydroxyl groups is 1. The molecule has 1 heteroatoms. The first-order valence-electron chi connectivity index (χ1n) is 13.7. The van der Waals surface area contributed by atoms with E-state index in [2.05, 4.69) is 61.5 Å². The maximum atomic E-state index is 10.9. The molecule has 0 bridgehead atoms. The van der Waals surface area contributed by atoms with Gasteiger partial charge in [0.05, 0.1) is 6.10 Å². The van der Waals surface area contributed by atoms with Crippen LogP contribution in [0.2, 0.25) is 0 Å². The van der Waals surface area contributed by atoms with Gasteiger partial charge in [-0.1, -0.05) is 60.1 Å². The molecular formula is C30H50O. The molecular weight excluding hydrogens is 376 g/mol. The minimum atomic E-state index is -0.116. The summed E-state index contributed by atoms with van der Waals surface area (Å²) in [6, 6.07) is 0. The highest BCUT2D eigenvalue weighted by Gasteiger charge is 2.69. The zero-order chi connectivity index (χ0) is 22.6. The summed E-state index contributed by atoms with van der Waals surface area (Å²) in [5.74, 6) is 4.00. The summed E-state index contributed by atoms with van der Waals surface area (Å²) in [7, 11) is 0. The molecule has 0 saturated heterocycles. The van der Waals surface area contributed by atoms with Gasteiger partial charge in [0, 0.05) is 0 Å². The van der Waals surface area contributed by atoms with E-state index in [1.165, 1.54) is 51.4 Å². The summed E-state index contributed by atoms with van der Waals surface area (Å²) in [5, 5.41) is 10.9. The van der Waals surface area contributed by atoms with Crippen molar-refractivity contribution in [3.8, 4) is 0 Å². The zero-order valence-electron chi connectivity index (χ0n) is 21.9. The summed E-state index contributed by atoms with van der Waals surface area (Å²) in [5.41, 5.74) is 3.58. The van der Waals surface area contributed by atoms with Crippen LogP contribution >= 0.6 is 0 Å². The standard InChI is InChI=1S/C30H50O/c1-19-11-14-27(5)17-18-29(7)21(25(27)20(19)2)9-10-23-28(6)15-13-24(31)26(3,4)22(28)12-16-30(23,29)8/h11,20-25,31H,9-10,12-18H2,1-8H3/t20-,21?,22?,23?,24+,25?,27-,28+,29-,30-/m1/s1. The maximum absolute atomic E-state index is 10.9. The lowest BCUT2D eigenvalue weighted by molar-refractivity contribution is -0.250. The number of hydrogen-bond donors (Lipinski definition) is 1. The Bertz CT molecular complexity index is 779. The Morgan fingerprint density at radius 1 is 0.806 bits per heavy atom. The largest absolute Gasteiger partial charge is 0.393 e. The van der Waals surface area contributed by atoms with Gasteiger partial charge in [-0.15, -0.1) is 0 Å². The number of fused-ring (bicyclic) bond motifs is 7. The summed E-state index contributed by atoms with van der Waals surface area (Å²) >= 11 is 0. The van der Waals surface area contributed by atoms with Gasteiger partial charge >= 0.3 is 0 Å². The van der Waals surface area contributed by atoms with Gasteiger partial charge in [0.25, 0.3) is 0 Å². The summed E-state index contributed by atoms with van der Waals surface area (Å²) in [4.78, 5) is 0. The monoisotopic (exact) mass is 426 g/mol. The van der Waals surface area contributed by atoms with Gasteiger partial charge in [-0.2, -0.15) is 0 Å². The maximum Gasteiger partial charge on any atom is 0.0594 e. The predicted molar refractivity (Wildman–Crippen MR) is 131 cm³/mol. The highest BCUT2D eigenvalue weighted by atomic mass is 16.3. The average Bonchev–Trinajstić information content (AvgIpc) is 2.69. The highest BCUT2D eigenvalue weighted by molar-refractivity contribution is 5.22. The zero-order valence-corrected chi connectivity index (χ0v) is 21.9. The summed E-state index contributed by atoms with van der Waals surface area (Å²) in [6.45, 7) is 20.5. The number of allylic oxidation sites excluding steroid dienone is 2. The lowest BCUT2D eigenvalue weighted by atomic mass is 9.31. The third-order valence-corrected chi connectivity index (χ3v) is 13.5. The van der Waals surface area contributed by atoms with E-state index in [1.807, 2.05) is 0 Å². The van der Waals surface area contributed by atoms with Crippen molar-refractivity contribution in [3.63, 3.8) is 0 Å². The van der Waals surface area contributed by atoms with E-state index in [1.54, 1.807) is 5.57 Å². The molecule has 4 fully saturated rings. The van der Waals surface area contributed by atoms with Crippen LogP contribution in [0.5, 0.6) is 0 Å². The molecule has 0 aromatic carbocycles. The van der Waals surface area contributed by atoms with Crippen LogP contribution in [0.25, 0.3) is 0 Å². The fraction of sp³-hybridized carbons (Fsp3) is 0.933. The summed E-state index contributed by atoms with van der Waals surface area (Å²) in [6.07, 6.45) is 14.5. The number of rotatable bonds is 0. The van der Waals surface area contributed by atoms with E-state index < -0.39 is 0 Å². The molecule has 0 aromatic rings. The van der Waals surface area contributed by atoms with Gasteiger partial charge in [-0.05, 0) is 121 Å². The van der Waals surface area contributed by atoms with E-state index in [9.17, 15) is 5.11 Å². The minimum Gasteiger partial charge on any atom is -0.393 e. The normalized spacial score (nSPS) is 58.3. The van der Waals surface area contributed by atoms with Crippen LogP contribution < -0.4 is 0 Å². The van der Waals surface area contributed by atoms with Crippen LogP contribution in [-0.2, 0) is 0 Å². The first-order valence-corrected chi connectivity index (χ1v) is 13.7. The molecule has 4 saturated carbocycles. The van der Waals surface area contributed by atoms with Crippen molar-refractivity contribution in [2.75, 3.05) is 0 Å². The second-order valence-electron chi connectivity index (χ2n) is 14.7. The molecule has 5 aliphatic rings. The molecule has 0 aliphatic heterocycles. The van der Waals surface area contributed by atoms with Gasteiger partial charge in [0.15, 0.2) is 0 Å². The van der Waals surface area contributed by atoms with Gasteiger partial charge in [0.2, 0.25) is 0 Å². The van der Waals surface area contributed by atoms with E-state index in [0.717, 1.165) is 30.1 Å². The van der Waals surface area contributed by atoms with Gasteiger partial charge in [0.1, 0.15) is 0 Å². The van der Waals surface area contributed by atoms with Crippen LogP contribution in [0.1, 0.15) is 113 Å². The lowest BCUT2D eigenvalue weighted by Crippen LogP contribution is -2.67. The Hall–Kier alpha value is -0.300. The van der Waals surface area contributed by atoms with E-state index in [-0.39, 0.29) is 11.5 Å². The Morgan fingerprint density at radius 3 is 2.23 bits per heavy atom. The topological polar surface area (TPSA) is 20.2 Å². The predicted octanol–water partition coefficient (Wildman–Crippen LogP) is 8.02. The second kappa shape index (κ2) is 6.64. The van der Waals surface area contributed by atoms with E-state index in [4.69, 9.17) is 0 Å². The molecule has 0 radical (unpaired) electrons. The minimum absolute atomic E-state index is 0.0665. The SMILES string of the molecule is CC1=CC[C@]2(C)CC[C@]3(C)C(CCC4[C@@]5(C)CC[C@H](O)C(C)(C)C5CC[C@]43C)C2[C@@H]1C. The lowest BCUT2D eigenvalue weighted by Gasteiger charge is -2.73. The Balaban J connectivity index is 1.55. The quantitative estimate of drug-likeness (QED) is 0.389. The molecule has 0 spiro atoms. The second-order valence-corrected chi connectivity index (χ2v) is 14.7. The molecule has 5 rings (SSSR count). The van der Waals surface area contributed by atoms with Crippen molar-refractivity contribution < 1.29 is 5.11 Å². The van der Waals surface area contributed by atoms with Crippen LogP contribution in [0.3, 0.4) is 0 Å².